The van der Waals surface area contributed by atoms with Gasteiger partial charge in [0.15, 0.2) is 0 Å². The van der Waals surface area contributed by atoms with E-state index in [9.17, 15) is 9.59 Å². The van der Waals surface area contributed by atoms with Crippen LogP contribution in [0.25, 0.3) is 0 Å². The van der Waals surface area contributed by atoms with Crippen molar-refractivity contribution in [1.82, 2.24) is 14.8 Å². The number of aromatic nitrogens is 1. The Morgan fingerprint density at radius 1 is 1.19 bits per heavy atom. The van der Waals surface area contributed by atoms with Crippen LogP contribution in [-0.2, 0) is 4.79 Å². The van der Waals surface area contributed by atoms with E-state index < -0.39 is 0 Å². The van der Waals surface area contributed by atoms with Gasteiger partial charge in [-0.15, -0.1) is 0 Å². The average molecular weight is 290 g/mol. The van der Waals surface area contributed by atoms with Gasteiger partial charge in [-0.3, -0.25) is 14.6 Å². The maximum absolute atomic E-state index is 12.5. The SMILES string of the molecule is CCCNc1cncc(C(=O)N2CCN(C(C)=O)CC2)c1. The highest BCUT2D eigenvalue weighted by Gasteiger charge is 2.23. The highest BCUT2D eigenvalue weighted by atomic mass is 16.2. The molecule has 6 heteroatoms. The molecule has 6 nitrogen and oxygen atoms in total. The van der Waals surface area contributed by atoms with Crippen LogP contribution in [0.2, 0.25) is 0 Å². The van der Waals surface area contributed by atoms with Gasteiger partial charge in [0, 0.05) is 52.0 Å². The minimum Gasteiger partial charge on any atom is -0.384 e. The molecule has 21 heavy (non-hydrogen) atoms. The van der Waals surface area contributed by atoms with Crippen molar-refractivity contribution in [1.29, 1.82) is 0 Å². The summed E-state index contributed by atoms with van der Waals surface area (Å²) in [5, 5.41) is 3.23. The number of nitrogens with zero attached hydrogens (tertiary/aromatic N) is 3. The van der Waals surface area contributed by atoms with E-state index in [1.165, 1.54) is 0 Å². The van der Waals surface area contributed by atoms with Crippen molar-refractivity contribution in [2.45, 2.75) is 20.3 Å². The molecule has 1 aliphatic heterocycles. The summed E-state index contributed by atoms with van der Waals surface area (Å²) in [5.41, 5.74) is 1.46. The number of piperazine rings is 1. The summed E-state index contributed by atoms with van der Waals surface area (Å²) in [7, 11) is 0. The number of nitrogens with one attached hydrogen (secondary N) is 1. The Hall–Kier alpha value is -2.11. The molecule has 0 spiro atoms. The fraction of sp³-hybridized carbons (Fsp3) is 0.533. The molecule has 0 atom stereocenters. The third kappa shape index (κ3) is 3.93. The lowest BCUT2D eigenvalue weighted by molar-refractivity contribution is -0.130. The first-order valence-corrected chi connectivity index (χ1v) is 7.35. The van der Waals surface area contributed by atoms with Crippen molar-refractivity contribution >= 4 is 17.5 Å². The van der Waals surface area contributed by atoms with Gasteiger partial charge in [-0.25, -0.2) is 0 Å². The van der Waals surface area contributed by atoms with E-state index >= 15 is 0 Å². The third-order valence-electron chi connectivity index (χ3n) is 3.58. The van der Waals surface area contributed by atoms with Crippen LogP contribution in [-0.4, -0.2) is 59.3 Å². The summed E-state index contributed by atoms with van der Waals surface area (Å²) in [6.07, 6.45) is 4.34. The lowest BCUT2D eigenvalue weighted by Crippen LogP contribution is -2.50. The van der Waals surface area contributed by atoms with Crippen molar-refractivity contribution in [3.8, 4) is 0 Å². The van der Waals surface area contributed by atoms with E-state index in [4.69, 9.17) is 0 Å². The molecule has 0 saturated carbocycles. The number of hydrogen-bond donors (Lipinski definition) is 1. The molecule has 0 radical (unpaired) electrons. The van der Waals surface area contributed by atoms with Crippen LogP contribution >= 0.6 is 0 Å². The van der Waals surface area contributed by atoms with Crippen LogP contribution in [0, 0.1) is 0 Å². The van der Waals surface area contributed by atoms with Gasteiger partial charge in [-0.2, -0.15) is 0 Å². The largest absolute Gasteiger partial charge is 0.384 e. The molecule has 0 unspecified atom stereocenters. The van der Waals surface area contributed by atoms with Crippen LogP contribution in [0.5, 0.6) is 0 Å². The number of rotatable bonds is 4. The maximum Gasteiger partial charge on any atom is 0.255 e. The highest BCUT2D eigenvalue weighted by molar-refractivity contribution is 5.95. The van der Waals surface area contributed by atoms with Crippen LogP contribution in [0.4, 0.5) is 5.69 Å². The molecule has 1 N–H and O–H groups in total. The molecule has 1 fully saturated rings. The van der Waals surface area contributed by atoms with E-state index in [1.54, 1.807) is 29.1 Å². The Bertz CT molecular complexity index is 510. The second-order valence-corrected chi connectivity index (χ2v) is 5.19. The van der Waals surface area contributed by atoms with Crippen molar-refractivity contribution in [3.05, 3.63) is 24.0 Å². The lowest BCUT2D eigenvalue weighted by Gasteiger charge is -2.34. The number of hydrogen-bond acceptors (Lipinski definition) is 4. The second kappa shape index (κ2) is 7.06. The molecule has 114 valence electrons. The molecular weight excluding hydrogens is 268 g/mol. The molecule has 0 aliphatic carbocycles. The normalized spacial score (nSPS) is 15.0. The molecule has 2 rings (SSSR count). The molecule has 1 aromatic rings. The zero-order chi connectivity index (χ0) is 15.2. The minimum absolute atomic E-state index is 0.0224. The smallest absolute Gasteiger partial charge is 0.255 e. The third-order valence-corrected chi connectivity index (χ3v) is 3.58. The lowest BCUT2D eigenvalue weighted by atomic mass is 10.2. The molecule has 0 aromatic carbocycles. The first kappa shape index (κ1) is 15.3. The van der Waals surface area contributed by atoms with Crippen molar-refractivity contribution in [3.63, 3.8) is 0 Å². The number of anilines is 1. The average Bonchev–Trinajstić information content (AvgIpc) is 2.52. The van der Waals surface area contributed by atoms with Crippen LogP contribution in [0.1, 0.15) is 30.6 Å². The van der Waals surface area contributed by atoms with Gasteiger partial charge in [-0.1, -0.05) is 6.92 Å². The van der Waals surface area contributed by atoms with Crippen molar-refractivity contribution in [2.75, 3.05) is 38.0 Å². The maximum atomic E-state index is 12.5. The van der Waals surface area contributed by atoms with E-state index in [0.29, 0.717) is 31.7 Å². The number of carbonyl (C=O) groups excluding carboxylic acids is 2. The number of carbonyl (C=O) groups is 2. The van der Waals surface area contributed by atoms with Crippen molar-refractivity contribution < 1.29 is 9.59 Å². The monoisotopic (exact) mass is 290 g/mol. The zero-order valence-electron chi connectivity index (χ0n) is 12.6. The topological polar surface area (TPSA) is 65.5 Å². The van der Waals surface area contributed by atoms with Gasteiger partial charge in [0.2, 0.25) is 5.91 Å². The Labute approximate surface area is 125 Å². The quantitative estimate of drug-likeness (QED) is 0.905. The van der Waals surface area contributed by atoms with Crippen LogP contribution < -0.4 is 5.32 Å². The first-order valence-electron chi connectivity index (χ1n) is 7.35. The van der Waals surface area contributed by atoms with Gasteiger partial charge in [-0.05, 0) is 12.5 Å². The molecule has 2 heterocycles. The van der Waals surface area contributed by atoms with E-state index in [2.05, 4.69) is 17.2 Å². The Kier molecular flexibility index (Phi) is 5.14. The summed E-state index contributed by atoms with van der Waals surface area (Å²) < 4.78 is 0. The standard InChI is InChI=1S/C15H22N4O2/c1-3-4-17-14-9-13(10-16-11-14)15(21)19-7-5-18(6-8-19)12(2)20/h9-11,17H,3-8H2,1-2H3. The summed E-state index contributed by atoms with van der Waals surface area (Å²) in [5.74, 6) is 0.0420. The molecule has 1 aliphatic rings. The Balaban J connectivity index is 1.99. The summed E-state index contributed by atoms with van der Waals surface area (Å²) in [4.78, 5) is 31.4. The Morgan fingerprint density at radius 3 is 2.48 bits per heavy atom. The molecular formula is C15H22N4O2. The predicted molar refractivity (Wildman–Crippen MR) is 81.2 cm³/mol. The fourth-order valence-corrected chi connectivity index (χ4v) is 2.33. The Morgan fingerprint density at radius 2 is 1.86 bits per heavy atom. The summed E-state index contributed by atoms with van der Waals surface area (Å²) in [6, 6.07) is 1.84. The molecule has 1 saturated heterocycles. The summed E-state index contributed by atoms with van der Waals surface area (Å²) in [6.45, 7) is 6.85. The highest BCUT2D eigenvalue weighted by Crippen LogP contribution is 2.12. The second-order valence-electron chi connectivity index (χ2n) is 5.19. The molecule has 0 bridgehead atoms. The van der Waals surface area contributed by atoms with Gasteiger partial charge < -0.3 is 15.1 Å². The van der Waals surface area contributed by atoms with E-state index in [1.807, 2.05) is 6.07 Å². The van der Waals surface area contributed by atoms with Crippen LogP contribution in [0.15, 0.2) is 18.5 Å². The number of amides is 2. The molecule has 2 amide bonds. The minimum atomic E-state index is -0.0224. The van der Waals surface area contributed by atoms with E-state index in [0.717, 1.165) is 18.7 Å². The van der Waals surface area contributed by atoms with Gasteiger partial charge in [0.05, 0.1) is 11.3 Å². The van der Waals surface area contributed by atoms with Gasteiger partial charge in [0.25, 0.3) is 5.91 Å². The van der Waals surface area contributed by atoms with E-state index in [-0.39, 0.29) is 11.8 Å². The zero-order valence-corrected chi connectivity index (χ0v) is 12.6. The fourth-order valence-electron chi connectivity index (χ4n) is 2.33. The van der Waals surface area contributed by atoms with Gasteiger partial charge in [0.1, 0.15) is 0 Å². The number of pyridine rings is 1. The van der Waals surface area contributed by atoms with Gasteiger partial charge >= 0.3 is 0 Å². The van der Waals surface area contributed by atoms with Crippen molar-refractivity contribution in [2.24, 2.45) is 0 Å². The van der Waals surface area contributed by atoms with Crippen LogP contribution in [0.3, 0.4) is 0 Å². The predicted octanol–water partition coefficient (Wildman–Crippen LogP) is 1.21. The first-order chi connectivity index (χ1) is 10.1. The molecule has 1 aromatic heterocycles. The summed E-state index contributed by atoms with van der Waals surface area (Å²) >= 11 is 0.